The molecule has 0 bridgehead atoms. The molecule has 1 aromatic carbocycles. The summed E-state index contributed by atoms with van der Waals surface area (Å²) in [5.74, 6) is -0.179. The molecule has 134 valence electrons. The molecule has 0 aliphatic rings. The normalized spacial score (nSPS) is 12.2. The number of anilines is 1. The number of hydrogen-bond donors (Lipinski definition) is 0. The number of fused-ring (bicyclic) bond motifs is 2. The van der Waals surface area contributed by atoms with Crippen molar-refractivity contribution in [1.82, 2.24) is 19.6 Å². The van der Waals surface area contributed by atoms with Crippen molar-refractivity contribution in [3.05, 3.63) is 53.7 Å². The van der Waals surface area contributed by atoms with E-state index in [4.69, 9.17) is 4.42 Å². The summed E-state index contributed by atoms with van der Waals surface area (Å²) >= 11 is 0. The molecule has 0 saturated carbocycles. The largest absolute Gasteiger partial charge is 0.459 e. The van der Waals surface area contributed by atoms with Crippen LogP contribution in [-0.4, -0.2) is 26.6 Å². The van der Waals surface area contributed by atoms with Gasteiger partial charge in [-0.2, -0.15) is 22.7 Å². The quantitative estimate of drug-likeness (QED) is 0.555. The highest BCUT2D eigenvalue weighted by molar-refractivity contribution is 5.77. The van der Waals surface area contributed by atoms with Gasteiger partial charge in [0.25, 0.3) is 11.6 Å². The summed E-state index contributed by atoms with van der Waals surface area (Å²) in [7, 11) is 1.75. The Morgan fingerprint density at radius 3 is 2.65 bits per heavy atom. The summed E-state index contributed by atoms with van der Waals surface area (Å²) in [6, 6.07) is 11.1. The highest BCUT2D eigenvalue weighted by Crippen LogP contribution is 2.28. The van der Waals surface area contributed by atoms with E-state index in [1.807, 2.05) is 30.3 Å². The van der Waals surface area contributed by atoms with Gasteiger partial charge >= 0.3 is 6.18 Å². The van der Waals surface area contributed by atoms with E-state index >= 15 is 0 Å². The lowest BCUT2D eigenvalue weighted by Crippen LogP contribution is -2.20. The van der Waals surface area contributed by atoms with Crippen molar-refractivity contribution >= 4 is 22.6 Å². The molecule has 0 unspecified atom stereocenters. The Labute approximate surface area is 145 Å². The van der Waals surface area contributed by atoms with Crippen molar-refractivity contribution in [3.8, 4) is 0 Å². The molecule has 0 spiro atoms. The first-order valence-electron chi connectivity index (χ1n) is 7.81. The molecule has 0 aliphatic heterocycles. The maximum Gasteiger partial charge on any atom is 0.453 e. The molecule has 0 amide bonds. The SMILES string of the molecule is Cc1cc(N(C)Cc2cc3ccccc3o2)n2nc(C(F)(F)F)nc2n1. The van der Waals surface area contributed by atoms with Crippen molar-refractivity contribution < 1.29 is 17.6 Å². The minimum absolute atomic E-state index is 0.0937. The topological polar surface area (TPSA) is 59.5 Å². The van der Waals surface area contributed by atoms with E-state index in [9.17, 15) is 13.2 Å². The summed E-state index contributed by atoms with van der Waals surface area (Å²) in [6.07, 6.45) is -4.63. The molecule has 0 atom stereocenters. The fourth-order valence-electron chi connectivity index (χ4n) is 2.79. The standard InChI is InChI=1S/C17H14F3N5O/c1-10-7-14(25-16(21-10)22-15(23-25)17(18,19)20)24(2)9-12-8-11-5-3-4-6-13(11)26-12/h3-8H,9H2,1-2H3. The predicted molar refractivity (Wildman–Crippen MR) is 88.8 cm³/mol. The first kappa shape index (κ1) is 16.4. The molecule has 0 radical (unpaired) electrons. The first-order valence-corrected chi connectivity index (χ1v) is 7.81. The highest BCUT2D eigenvalue weighted by Gasteiger charge is 2.37. The molecule has 9 heteroatoms. The zero-order chi connectivity index (χ0) is 18.5. The molecular formula is C17H14F3N5O. The van der Waals surface area contributed by atoms with Gasteiger partial charge in [0.1, 0.15) is 17.2 Å². The van der Waals surface area contributed by atoms with Crippen LogP contribution in [0, 0.1) is 6.92 Å². The van der Waals surface area contributed by atoms with Gasteiger partial charge in [-0.15, -0.1) is 5.10 Å². The number of aryl methyl sites for hydroxylation is 1. The van der Waals surface area contributed by atoms with Crippen LogP contribution in [-0.2, 0) is 12.7 Å². The maximum atomic E-state index is 12.9. The molecule has 6 nitrogen and oxygen atoms in total. The van der Waals surface area contributed by atoms with Gasteiger partial charge in [0.2, 0.25) is 0 Å². The second-order valence-electron chi connectivity index (χ2n) is 6.01. The molecule has 0 fully saturated rings. The lowest BCUT2D eigenvalue weighted by molar-refractivity contribution is -0.144. The van der Waals surface area contributed by atoms with Crippen LogP contribution < -0.4 is 4.90 Å². The van der Waals surface area contributed by atoms with Gasteiger partial charge in [-0.3, -0.25) is 0 Å². The third kappa shape index (κ3) is 2.85. The van der Waals surface area contributed by atoms with Crippen molar-refractivity contribution in [2.45, 2.75) is 19.6 Å². The molecule has 3 aromatic heterocycles. The Balaban J connectivity index is 1.73. The average Bonchev–Trinajstić information content (AvgIpc) is 3.16. The Bertz CT molecular complexity index is 1070. The van der Waals surface area contributed by atoms with Gasteiger partial charge in [-0.05, 0) is 19.1 Å². The van der Waals surface area contributed by atoms with Gasteiger partial charge in [-0.25, -0.2) is 4.98 Å². The van der Waals surface area contributed by atoms with Crippen LogP contribution in [0.15, 0.2) is 40.8 Å². The number of hydrogen-bond acceptors (Lipinski definition) is 5. The number of alkyl halides is 3. The van der Waals surface area contributed by atoms with Crippen LogP contribution in [0.1, 0.15) is 17.3 Å². The zero-order valence-electron chi connectivity index (χ0n) is 13.9. The highest BCUT2D eigenvalue weighted by atomic mass is 19.4. The van der Waals surface area contributed by atoms with E-state index < -0.39 is 12.0 Å². The third-order valence-electron chi connectivity index (χ3n) is 3.94. The summed E-state index contributed by atoms with van der Waals surface area (Å²) in [5, 5.41) is 4.54. The Morgan fingerprint density at radius 1 is 1.15 bits per heavy atom. The summed E-state index contributed by atoms with van der Waals surface area (Å²) in [5.41, 5.74) is 1.30. The smallest absolute Gasteiger partial charge is 0.453 e. The number of rotatable bonds is 3. The van der Waals surface area contributed by atoms with E-state index in [-0.39, 0.29) is 5.78 Å². The summed E-state index contributed by atoms with van der Waals surface area (Å²) < 4.78 is 45.7. The Kier molecular flexibility index (Phi) is 3.60. The van der Waals surface area contributed by atoms with E-state index in [2.05, 4.69) is 15.1 Å². The number of benzene rings is 1. The molecule has 3 heterocycles. The molecule has 4 aromatic rings. The van der Waals surface area contributed by atoms with E-state index in [1.54, 1.807) is 24.9 Å². The summed E-state index contributed by atoms with van der Waals surface area (Å²) in [4.78, 5) is 9.27. The van der Waals surface area contributed by atoms with Gasteiger partial charge in [0.05, 0.1) is 6.54 Å². The average molecular weight is 361 g/mol. The van der Waals surface area contributed by atoms with Crippen LogP contribution in [0.4, 0.5) is 19.0 Å². The summed E-state index contributed by atoms with van der Waals surface area (Å²) in [6.45, 7) is 2.05. The van der Waals surface area contributed by atoms with Crippen molar-refractivity contribution in [2.75, 3.05) is 11.9 Å². The minimum atomic E-state index is -4.63. The fourth-order valence-corrected chi connectivity index (χ4v) is 2.79. The van der Waals surface area contributed by atoms with E-state index in [0.29, 0.717) is 23.8 Å². The van der Waals surface area contributed by atoms with Gasteiger partial charge in [0.15, 0.2) is 0 Å². The van der Waals surface area contributed by atoms with Crippen LogP contribution in [0.3, 0.4) is 0 Å². The number of nitrogens with zero attached hydrogens (tertiary/aromatic N) is 5. The van der Waals surface area contributed by atoms with Crippen LogP contribution >= 0.6 is 0 Å². The maximum absolute atomic E-state index is 12.9. The monoisotopic (exact) mass is 361 g/mol. The lowest BCUT2D eigenvalue weighted by Gasteiger charge is -2.18. The molecule has 4 rings (SSSR count). The molecule has 26 heavy (non-hydrogen) atoms. The van der Waals surface area contributed by atoms with Gasteiger partial charge < -0.3 is 9.32 Å². The van der Waals surface area contributed by atoms with E-state index in [0.717, 1.165) is 15.5 Å². The Morgan fingerprint density at radius 2 is 1.92 bits per heavy atom. The van der Waals surface area contributed by atoms with Crippen molar-refractivity contribution in [1.29, 1.82) is 0 Å². The van der Waals surface area contributed by atoms with Gasteiger partial charge in [0, 0.05) is 24.2 Å². The van der Waals surface area contributed by atoms with Crippen molar-refractivity contribution in [2.24, 2.45) is 0 Å². The minimum Gasteiger partial charge on any atom is -0.459 e. The zero-order valence-corrected chi connectivity index (χ0v) is 13.9. The molecule has 0 saturated heterocycles. The van der Waals surface area contributed by atoms with Crippen LogP contribution in [0.2, 0.25) is 0 Å². The number of para-hydroxylation sites is 1. The number of halogens is 3. The fraction of sp³-hybridized carbons (Fsp3) is 0.235. The second-order valence-corrected chi connectivity index (χ2v) is 6.01. The Hall–Kier alpha value is -3.10. The van der Waals surface area contributed by atoms with Crippen LogP contribution in [0.25, 0.3) is 16.7 Å². The van der Waals surface area contributed by atoms with Gasteiger partial charge in [-0.1, -0.05) is 18.2 Å². The molecule has 0 N–H and O–H groups in total. The molecule has 0 aliphatic carbocycles. The predicted octanol–water partition coefficient (Wildman–Crippen LogP) is 3.83. The third-order valence-corrected chi connectivity index (χ3v) is 3.94. The van der Waals surface area contributed by atoms with Crippen molar-refractivity contribution in [3.63, 3.8) is 0 Å². The number of furan rings is 1. The second kappa shape index (κ2) is 5.72. The number of aromatic nitrogens is 4. The molecular weight excluding hydrogens is 347 g/mol. The lowest BCUT2D eigenvalue weighted by atomic mass is 10.2. The van der Waals surface area contributed by atoms with E-state index in [1.165, 1.54) is 0 Å². The first-order chi connectivity index (χ1) is 12.3. The van der Waals surface area contributed by atoms with Crippen LogP contribution in [0.5, 0.6) is 0 Å².